The molecule has 1 fully saturated rings. The van der Waals surface area contributed by atoms with E-state index in [0.717, 1.165) is 31.5 Å². The van der Waals surface area contributed by atoms with E-state index in [1.165, 1.54) is 0 Å². The average molecular weight is 271 g/mol. The zero-order chi connectivity index (χ0) is 13.8. The average Bonchev–Trinajstić information content (AvgIpc) is 2.99. The van der Waals surface area contributed by atoms with Crippen LogP contribution in [0.2, 0.25) is 0 Å². The molecule has 0 amide bonds. The van der Waals surface area contributed by atoms with Crippen molar-refractivity contribution in [3.8, 4) is 0 Å². The summed E-state index contributed by atoms with van der Waals surface area (Å²) in [6.45, 7) is 1.98. The number of pyridine rings is 1. The van der Waals surface area contributed by atoms with Crippen LogP contribution in [0.25, 0.3) is 0 Å². The minimum Gasteiger partial charge on any atom is -0.317 e. The predicted octanol–water partition coefficient (Wildman–Crippen LogP) is 1.02. The van der Waals surface area contributed by atoms with Gasteiger partial charge in [0.25, 0.3) is 0 Å². The normalized spacial score (nSPS) is 16.2. The molecule has 1 saturated heterocycles. The van der Waals surface area contributed by atoms with Crippen LogP contribution >= 0.6 is 0 Å². The van der Waals surface area contributed by atoms with Gasteiger partial charge in [-0.2, -0.15) is 0 Å². The highest BCUT2D eigenvalue weighted by molar-refractivity contribution is 5.95. The Morgan fingerprint density at radius 2 is 2.25 bits per heavy atom. The van der Waals surface area contributed by atoms with Crippen LogP contribution in [0.15, 0.2) is 30.7 Å². The number of piperidine rings is 1. The number of carbonyl (C=O) groups excluding carboxylic acids is 1. The van der Waals surface area contributed by atoms with Crippen molar-refractivity contribution in [3.05, 3.63) is 42.0 Å². The minimum absolute atomic E-state index is 0.0156. The summed E-state index contributed by atoms with van der Waals surface area (Å²) < 4.78 is 1.83. The van der Waals surface area contributed by atoms with Gasteiger partial charge in [-0.25, -0.2) is 4.68 Å². The number of hydrogen-bond acceptors (Lipinski definition) is 5. The minimum atomic E-state index is -0.0156. The third-order valence-corrected chi connectivity index (χ3v) is 3.57. The Kier molecular flexibility index (Phi) is 3.83. The molecule has 2 aromatic rings. The molecule has 3 rings (SSSR count). The quantitative estimate of drug-likeness (QED) is 0.841. The molecule has 1 N–H and O–H groups in total. The Balaban J connectivity index is 1.68. The Morgan fingerprint density at radius 3 is 3.00 bits per heavy atom. The van der Waals surface area contributed by atoms with Gasteiger partial charge in [0.2, 0.25) is 0 Å². The molecule has 0 spiro atoms. The van der Waals surface area contributed by atoms with Crippen LogP contribution < -0.4 is 5.32 Å². The maximum absolute atomic E-state index is 12.2. The summed E-state index contributed by atoms with van der Waals surface area (Å²) in [7, 11) is 0. The standard InChI is InChI=1S/C14H17N5O/c20-14(8-11-2-1-5-16-9-11)13-10-19(18-17-13)12-3-6-15-7-4-12/h1-2,5,9-10,12,15H,3-4,6-8H2. The van der Waals surface area contributed by atoms with Crippen LogP contribution in [-0.4, -0.2) is 38.9 Å². The number of hydrogen-bond donors (Lipinski definition) is 1. The van der Waals surface area contributed by atoms with Crippen LogP contribution in [0.4, 0.5) is 0 Å². The van der Waals surface area contributed by atoms with Gasteiger partial charge >= 0.3 is 0 Å². The second-order valence-corrected chi connectivity index (χ2v) is 5.03. The Morgan fingerprint density at radius 1 is 1.40 bits per heavy atom. The molecule has 3 heterocycles. The molecular formula is C14H17N5O. The van der Waals surface area contributed by atoms with Crippen molar-refractivity contribution >= 4 is 5.78 Å². The highest BCUT2D eigenvalue weighted by Gasteiger charge is 2.18. The van der Waals surface area contributed by atoms with Gasteiger partial charge in [-0.3, -0.25) is 9.78 Å². The predicted molar refractivity (Wildman–Crippen MR) is 73.4 cm³/mol. The van der Waals surface area contributed by atoms with Gasteiger partial charge in [0.1, 0.15) is 5.69 Å². The maximum atomic E-state index is 12.2. The highest BCUT2D eigenvalue weighted by Crippen LogP contribution is 2.17. The van der Waals surface area contributed by atoms with Crippen molar-refractivity contribution in [1.29, 1.82) is 0 Å². The zero-order valence-electron chi connectivity index (χ0n) is 11.2. The lowest BCUT2D eigenvalue weighted by Gasteiger charge is -2.22. The van der Waals surface area contributed by atoms with Crippen LogP contribution in [0.5, 0.6) is 0 Å². The third kappa shape index (κ3) is 2.91. The molecular weight excluding hydrogens is 254 g/mol. The number of ketones is 1. The van der Waals surface area contributed by atoms with Crippen LogP contribution in [-0.2, 0) is 6.42 Å². The molecule has 0 aromatic carbocycles. The van der Waals surface area contributed by atoms with E-state index in [9.17, 15) is 4.79 Å². The van der Waals surface area contributed by atoms with Gasteiger partial charge < -0.3 is 5.32 Å². The van der Waals surface area contributed by atoms with Crippen LogP contribution in [0.3, 0.4) is 0 Å². The molecule has 6 nitrogen and oxygen atoms in total. The lowest BCUT2D eigenvalue weighted by atomic mass is 10.1. The van der Waals surface area contributed by atoms with Crippen molar-refractivity contribution in [1.82, 2.24) is 25.3 Å². The summed E-state index contributed by atoms with van der Waals surface area (Å²) in [6, 6.07) is 4.07. The summed E-state index contributed by atoms with van der Waals surface area (Å²) in [5, 5.41) is 11.4. The number of Topliss-reactive ketones (excluding diaryl/α,β-unsaturated/α-hetero) is 1. The smallest absolute Gasteiger partial charge is 0.189 e. The number of aromatic nitrogens is 4. The lowest BCUT2D eigenvalue weighted by Crippen LogP contribution is -2.29. The molecule has 0 bridgehead atoms. The van der Waals surface area contributed by atoms with E-state index >= 15 is 0 Å². The van der Waals surface area contributed by atoms with E-state index in [2.05, 4.69) is 20.6 Å². The first-order chi connectivity index (χ1) is 9.83. The topological polar surface area (TPSA) is 72.7 Å². The Bertz CT molecular complexity index is 574. The lowest BCUT2D eigenvalue weighted by molar-refractivity contribution is 0.0988. The number of rotatable bonds is 4. The Labute approximate surface area is 117 Å². The second-order valence-electron chi connectivity index (χ2n) is 5.03. The molecule has 20 heavy (non-hydrogen) atoms. The third-order valence-electron chi connectivity index (χ3n) is 3.57. The molecule has 1 aliphatic rings. The first kappa shape index (κ1) is 12.9. The first-order valence-electron chi connectivity index (χ1n) is 6.87. The van der Waals surface area contributed by atoms with E-state index in [1.807, 2.05) is 16.8 Å². The molecule has 0 saturated carbocycles. The first-order valence-corrected chi connectivity index (χ1v) is 6.87. The number of carbonyl (C=O) groups is 1. The summed E-state index contributed by atoms with van der Waals surface area (Å²) in [4.78, 5) is 16.2. The molecule has 2 aromatic heterocycles. The summed E-state index contributed by atoms with van der Waals surface area (Å²) in [5.41, 5.74) is 1.33. The van der Waals surface area contributed by atoms with Crippen LogP contribution in [0.1, 0.15) is 34.9 Å². The van der Waals surface area contributed by atoms with E-state index in [4.69, 9.17) is 0 Å². The van der Waals surface area contributed by atoms with Gasteiger partial charge in [0, 0.05) is 18.8 Å². The zero-order valence-corrected chi connectivity index (χ0v) is 11.2. The number of nitrogens with one attached hydrogen (secondary N) is 1. The van der Waals surface area contributed by atoms with Crippen molar-refractivity contribution in [2.75, 3.05) is 13.1 Å². The fraction of sp³-hybridized carbons (Fsp3) is 0.429. The molecule has 104 valence electrons. The Hall–Kier alpha value is -2.08. The number of nitrogens with zero attached hydrogens (tertiary/aromatic N) is 4. The van der Waals surface area contributed by atoms with Crippen molar-refractivity contribution < 1.29 is 4.79 Å². The van der Waals surface area contributed by atoms with Crippen molar-refractivity contribution in [2.45, 2.75) is 25.3 Å². The van der Waals surface area contributed by atoms with Gasteiger partial charge in [-0.1, -0.05) is 11.3 Å². The SMILES string of the molecule is O=C(Cc1cccnc1)c1cn(C2CCNCC2)nn1. The summed E-state index contributed by atoms with van der Waals surface area (Å²) in [6.07, 6.45) is 7.54. The maximum Gasteiger partial charge on any atom is 0.189 e. The molecule has 0 unspecified atom stereocenters. The van der Waals surface area contributed by atoms with Gasteiger partial charge in [-0.05, 0) is 37.6 Å². The second kappa shape index (κ2) is 5.92. The van der Waals surface area contributed by atoms with Gasteiger partial charge in [0.15, 0.2) is 5.78 Å². The molecule has 6 heteroatoms. The fourth-order valence-electron chi connectivity index (χ4n) is 2.43. The van der Waals surface area contributed by atoms with Gasteiger partial charge in [-0.15, -0.1) is 5.10 Å². The van der Waals surface area contributed by atoms with Crippen molar-refractivity contribution in [2.24, 2.45) is 0 Å². The summed E-state index contributed by atoms with van der Waals surface area (Å²) >= 11 is 0. The molecule has 1 aliphatic heterocycles. The van der Waals surface area contributed by atoms with E-state index in [0.29, 0.717) is 18.2 Å². The van der Waals surface area contributed by atoms with E-state index in [-0.39, 0.29) is 5.78 Å². The van der Waals surface area contributed by atoms with Gasteiger partial charge in [0.05, 0.1) is 12.2 Å². The molecule has 0 atom stereocenters. The largest absolute Gasteiger partial charge is 0.317 e. The van der Waals surface area contributed by atoms with E-state index < -0.39 is 0 Å². The van der Waals surface area contributed by atoms with E-state index in [1.54, 1.807) is 18.6 Å². The summed E-state index contributed by atoms with van der Waals surface area (Å²) in [5.74, 6) is -0.0156. The molecule has 0 aliphatic carbocycles. The fourth-order valence-corrected chi connectivity index (χ4v) is 2.43. The molecule has 0 radical (unpaired) electrons. The van der Waals surface area contributed by atoms with Crippen LogP contribution in [0, 0.1) is 0 Å². The monoisotopic (exact) mass is 271 g/mol. The van der Waals surface area contributed by atoms with Crippen molar-refractivity contribution in [3.63, 3.8) is 0 Å². The highest BCUT2D eigenvalue weighted by atomic mass is 16.1.